The monoisotopic (exact) mass is 330 g/mol. The van der Waals surface area contributed by atoms with E-state index in [-0.39, 0.29) is 0 Å². The molecule has 3 aromatic rings. The van der Waals surface area contributed by atoms with E-state index in [0.717, 1.165) is 21.4 Å². The second kappa shape index (κ2) is 4.99. The van der Waals surface area contributed by atoms with E-state index in [1.54, 1.807) is 18.1 Å². The SMILES string of the molecule is c1nc(Sc2nnnn2C2CC2)c2c3c(sc2n1)CCCC3. The topological polar surface area (TPSA) is 69.4 Å². The van der Waals surface area contributed by atoms with Crippen LogP contribution in [-0.2, 0) is 12.8 Å². The fraction of sp³-hybridized carbons (Fsp3) is 0.500. The number of tetrazole rings is 1. The Morgan fingerprint density at radius 2 is 2.09 bits per heavy atom. The summed E-state index contributed by atoms with van der Waals surface area (Å²) in [5.74, 6) is 0. The van der Waals surface area contributed by atoms with Crippen LogP contribution in [0.15, 0.2) is 16.5 Å². The number of hydrogen-bond acceptors (Lipinski definition) is 7. The second-order valence-corrected chi connectivity index (χ2v) is 7.85. The van der Waals surface area contributed by atoms with Crippen molar-refractivity contribution in [3.63, 3.8) is 0 Å². The molecule has 1 saturated carbocycles. The number of hydrogen-bond donors (Lipinski definition) is 0. The van der Waals surface area contributed by atoms with Gasteiger partial charge in [-0.3, -0.25) is 0 Å². The van der Waals surface area contributed by atoms with Gasteiger partial charge in [-0.2, -0.15) is 0 Å². The van der Waals surface area contributed by atoms with Crippen LogP contribution in [0.2, 0.25) is 0 Å². The maximum absolute atomic E-state index is 4.53. The molecule has 5 rings (SSSR count). The van der Waals surface area contributed by atoms with Crippen LogP contribution in [0.1, 0.15) is 42.2 Å². The summed E-state index contributed by atoms with van der Waals surface area (Å²) in [6.07, 6.45) is 8.88. The Hall–Kier alpha value is -1.54. The summed E-state index contributed by atoms with van der Waals surface area (Å²) >= 11 is 3.41. The van der Waals surface area contributed by atoms with Crippen LogP contribution in [0.5, 0.6) is 0 Å². The van der Waals surface area contributed by atoms with Crippen molar-refractivity contribution in [2.24, 2.45) is 0 Å². The van der Waals surface area contributed by atoms with E-state index < -0.39 is 0 Å². The lowest BCUT2D eigenvalue weighted by molar-refractivity contribution is 0.565. The van der Waals surface area contributed by atoms with Crippen LogP contribution >= 0.6 is 23.1 Å². The first-order valence-electron chi connectivity index (χ1n) is 7.61. The molecule has 0 atom stereocenters. The average molecular weight is 330 g/mol. The third kappa shape index (κ3) is 2.04. The maximum Gasteiger partial charge on any atom is 0.215 e. The minimum atomic E-state index is 0.478. The summed E-state index contributed by atoms with van der Waals surface area (Å²) in [7, 11) is 0. The second-order valence-electron chi connectivity index (χ2n) is 5.81. The highest BCUT2D eigenvalue weighted by molar-refractivity contribution is 7.99. The molecular weight excluding hydrogens is 316 g/mol. The lowest BCUT2D eigenvalue weighted by Crippen LogP contribution is -2.00. The van der Waals surface area contributed by atoms with Gasteiger partial charge in [-0.05, 0) is 66.3 Å². The molecule has 6 nitrogen and oxygen atoms in total. The van der Waals surface area contributed by atoms with Gasteiger partial charge < -0.3 is 0 Å². The molecule has 2 aliphatic carbocycles. The molecule has 112 valence electrons. The van der Waals surface area contributed by atoms with Crippen LogP contribution in [0.3, 0.4) is 0 Å². The van der Waals surface area contributed by atoms with Crippen molar-refractivity contribution in [2.75, 3.05) is 0 Å². The quantitative estimate of drug-likeness (QED) is 0.688. The Bertz CT molecular complexity index is 850. The van der Waals surface area contributed by atoms with Crippen LogP contribution in [-0.4, -0.2) is 30.2 Å². The lowest BCUT2D eigenvalue weighted by Gasteiger charge is -2.11. The fourth-order valence-electron chi connectivity index (χ4n) is 3.03. The largest absolute Gasteiger partial charge is 0.229 e. The minimum absolute atomic E-state index is 0.478. The van der Waals surface area contributed by atoms with E-state index in [2.05, 4.69) is 25.5 Å². The molecule has 0 aliphatic heterocycles. The molecule has 8 heteroatoms. The number of aryl methyl sites for hydroxylation is 2. The Labute approximate surface area is 135 Å². The zero-order valence-corrected chi connectivity index (χ0v) is 13.5. The molecule has 0 aromatic carbocycles. The van der Waals surface area contributed by atoms with E-state index in [1.165, 1.54) is 47.9 Å². The zero-order valence-electron chi connectivity index (χ0n) is 11.9. The molecular formula is C14H14N6S2. The first kappa shape index (κ1) is 13.0. The Kier molecular flexibility index (Phi) is 2.94. The molecule has 0 N–H and O–H groups in total. The van der Waals surface area contributed by atoms with E-state index in [0.29, 0.717) is 6.04 Å². The molecule has 0 radical (unpaired) electrons. The molecule has 22 heavy (non-hydrogen) atoms. The number of aromatic nitrogens is 6. The van der Waals surface area contributed by atoms with Crippen molar-refractivity contribution in [3.05, 3.63) is 16.8 Å². The van der Waals surface area contributed by atoms with Gasteiger partial charge in [0.15, 0.2) is 0 Å². The summed E-state index contributed by atoms with van der Waals surface area (Å²) in [5.41, 5.74) is 1.46. The first-order chi connectivity index (χ1) is 10.9. The zero-order chi connectivity index (χ0) is 14.5. The van der Waals surface area contributed by atoms with Gasteiger partial charge in [0.2, 0.25) is 5.16 Å². The average Bonchev–Trinajstić information content (AvgIpc) is 3.16. The summed E-state index contributed by atoms with van der Waals surface area (Å²) in [6.45, 7) is 0. The van der Waals surface area contributed by atoms with Crippen molar-refractivity contribution in [1.82, 2.24) is 30.2 Å². The smallest absolute Gasteiger partial charge is 0.215 e. The number of thiophene rings is 1. The molecule has 2 aliphatic rings. The van der Waals surface area contributed by atoms with Crippen LogP contribution in [0, 0.1) is 0 Å². The van der Waals surface area contributed by atoms with Gasteiger partial charge in [-0.1, -0.05) is 0 Å². The third-order valence-electron chi connectivity index (χ3n) is 4.26. The van der Waals surface area contributed by atoms with E-state index >= 15 is 0 Å². The van der Waals surface area contributed by atoms with Crippen LogP contribution in [0.4, 0.5) is 0 Å². The Balaban J connectivity index is 1.61. The maximum atomic E-state index is 4.53. The van der Waals surface area contributed by atoms with E-state index in [1.807, 2.05) is 16.0 Å². The predicted octanol–water partition coefficient (Wildman–Crippen LogP) is 3.04. The first-order valence-corrected chi connectivity index (χ1v) is 9.24. The molecule has 3 heterocycles. The highest BCUT2D eigenvalue weighted by Crippen LogP contribution is 2.42. The highest BCUT2D eigenvalue weighted by atomic mass is 32.2. The molecule has 0 saturated heterocycles. The van der Waals surface area contributed by atoms with Crippen LogP contribution < -0.4 is 0 Å². The Morgan fingerprint density at radius 3 is 3.00 bits per heavy atom. The summed E-state index contributed by atoms with van der Waals surface area (Å²) < 4.78 is 1.94. The van der Waals surface area contributed by atoms with Crippen molar-refractivity contribution in [3.8, 4) is 0 Å². The molecule has 0 bridgehead atoms. The third-order valence-corrected chi connectivity index (χ3v) is 6.41. The molecule has 3 aromatic heterocycles. The van der Waals surface area contributed by atoms with Gasteiger partial charge in [0, 0.05) is 10.3 Å². The number of nitrogens with zero attached hydrogens (tertiary/aromatic N) is 6. The van der Waals surface area contributed by atoms with Gasteiger partial charge in [0.25, 0.3) is 0 Å². The molecule has 0 amide bonds. The molecule has 0 spiro atoms. The highest BCUT2D eigenvalue weighted by Gasteiger charge is 2.29. The number of fused-ring (bicyclic) bond motifs is 3. The van der Waals surface area contributed by atoms with Gasteiger partial charge in [0.1, 0.15) is 16.2 Å². The van der Waals surface area contributed by atoms with Gasteiger partial charge in [-0.15, -0.1) is 16.4 Å². The molecule has 1 fully saturated rings. The van der Waals surface area contributed by atoms with Gasteiger partial charge in [0.05, 0.1) is 6.04 Å². The summed E-state index contributed by atoms with van der Waals surface area (Å²) in [4.78, 5) is 11.6. The van der Waals surface area contributed by atoms with Crippen molar-refractivity contribution in [1.29, 1.82) is 0 Å². The van der Waals surface area contributed by atoms with E-state index in [4.69, 9.17) is 0 Å². The van der Waals surface area contributed by atoms with Crippen LogP contribution in [0.25, 0.3) is 10.2 Å². The minimum Gasteiger partial charge on any atom is -0.229 e. The van der Waals surface area contributed by atoms with Crippen molar-refractivity contribution in [2.45, 2.75) is 54.7 Å². The van der Waals surface area contributed by atoms with Gasteiger partial charge >= 0.3 is 0 Å². The fourth-order valence-corrected chi connectivity index (χ4v) is 5.27. The lowest BCUT2D eigenvalue weighted by atomic mass is 9.97. The van der Waals surface area contributed by atoms with Crippen molar-refractivity contribution >= 4 is 33.3 Å². The standard InChI is InChI=1S/C14H14N6S2/c1-2-4-10-9(3-1)11-12(21-10)15-7-16-13(11)22-14-17-18-19-20(14)8-5-6-8/h7-8H,1-6H2. The number of rotatable bonds is 3. The van der Waals surface area contributed by atoms with E-state index in [9.17, 15) is 0 Å². The summed E-state index contributed by atoms with van der Waals surface area (Å²) in [5, 5.41) is 15.2. The molecule has 0 unspecified atom stereocenters. The summed E-state index contributed by atoms with van der Waals surface area (Å²) in [6, 6.07) is 0.478. The Morgan fingerprint density at radius 1 is 1.18 bits per heavy atom. The van der Waals surface area contributed by atoms with Gasteiger partial charge in [-0.25, -0.2) is 14.6 Å². The normalized spacial score (nSPS) is 17.8. The van der Waals surface area contributed by atoms with Crippen molar-refractivity contribution < 1.29 is 0 Å². The predicted molar refractivity (Wildman–Crippen MR) is 84.3 cm³/mol.